The highest BCUT2D eigenvalue weighted by Crippen LogP contribution is 2.28. The first-order chi connectivity index (χ1) is 15.8. The number of nitrogens with one attached hydrogen (secondary N) is 1. The van der Waals surface area contributed by atoms with Crippen LogP contribution in [-0.2, 0) is 22.7 Å². The number of hydrogen-bond acceptors (Lipinski definition) is 4. The maximum Gasteiger partial charge on any atom is 0.269 e. The van der Waals surface area contributed by atoms with E-state index >= 15 is 0 Å². The molecule has 1 aliphatic carbocycles. The number of hydrogen-bond donors (Lipinski definition) is 2. The van der Waals surface area contributed by atoms with Crippen LogP contribution < -0.4 is 11.1 Å². The number of aryl methyl sites for hydroxylation is 1. The highest BCUT2D eigenvalue weighted by molar-refractivity contribution is 6.30. The fourth-order valence-electron chi connectivity index (χ4n) is 3.81. The summed E-state index contributed by atoms with van der Waals surface area (Å²) >= 11 is 5.78. The van der Waals surface area contributed by atoms with Gasteiger partial charge in [0.15, 0.2) is 5.69 Å². The Morgan fingerprint density at radius 3 is 2.67 bits per heavy atom. The summed E-state index contributed by atoms with van der Waals surface area (Å²) in [7, 11) is 0. The summed E-state index contributed by atoms with van der Waals surface area (Å²) in [6, 6.07) is 9.95. The van der Waals surface area contributed by atoms with E-state index in [1.807, 2.05) is 19.1 Å². The number of amides is 3. The van der Waals surface area contributed by atoms with Crippen molar-refractivity contribution in [1.82, 2.24) is 20.0 Å². The molecule has 8 nitrogen and oxygen atoms in total. The molecule has 1 fully saturated rings. The minimum absolute atomic E-state index is 0.0199. The number of primary amides is 1. The van der Waals surface area contributed by atoms with Crippen LogP contribution in [0.1, 0.15) is 34.5 Å². The molecule has 1 aliphatic rings. The summed E-state index contributed by atoms with van der Waals surface area (Å²) in [6.07, 6.45) is 1.60. The van der Waals surface area contributed by atoms with Crippen molar-refractivity contribution in [2.75, 3.05) is 6.54 Å². The number of rotatable bonds is 8. The van der Waals surface area contributed by atoms with Gasteiger partial charge < -0.3 is 16.0 Å². The molecular formula is C23H23ClFN5O3. The molecule has 3 amide bonds. The standard InChI is InChI=1S/C23H23ClFN5O3/c1-13-4-2-7-17-20(13)22(23(26)33)28-30(17)12-19(32)29(15-8-9-15)11-18(31)27-10-14-5-3-6-16(24)21(14)25/h2-7,15H,8-12H2,1H3,(H2,26,33)(H,27,31). The lowest BCUT2D eigenvalue weighted by atomic mass is 10.1. The molecule has 1 heterocycles. The molecule has 0 saturated heterocycles. The van der Waals surface area contributed by atoms with Crippen molar-refractivity contribution in [3.8, 4) is 0 Å². The monoisotopic (exact) mass is 471 g/mol. The van der Waals surface area contributed by atoms with Gasteiger partial charge in [-0.25, -0.2) is 4.39 Å². The van der Waals surface area contributed by atoms with E-state index in [1.165, 1.54) is 21.7 Å². The van der Waals surface area contributed by atoms with Crippen molar-refractivity contribution >= 4 is 40.2 Å². The van der Waals surface area contributed by atoms with Crippen LogP contribution in [0.4, 0.5) is 4.39 Å². The Morgan fingerprint density at radius 2 is 1.97 bits per heavy atom. The van der Waals surface area contributed by atoms with Crippen LogP contribution in [0, 0.1) is 12.7 Å². The minimum atomic E-state index is -0.674. The summed E-state index contributed by atoms with van der Waals surface area (Å²) in [5.41, 5.74) is 7.29. The van der Waals surface area contributed by atoms with E-state index in [0.29, 0.717) is 10.9 Å². The fraction of sp³-hybridized carbons (Fsp3) is 0.304. The van der Waals surface area contributed by atoms with Crippen LogP contribution in [0.5, 0.6) is 0 Å². The molecule has 0 aliphatic heterocycles. The third kappa shape index (κ3) is 4.83. The van der Waals surface area contributed by atoms with Crippen molar-refractivity contribution in [1.29, 1.82) is 0 Å². The fourth-order valence-corrected chi connectivity index (χ4v) is 4.00. The molecule has 2 aromatic carbocycles. The number of carbonyl (C=O) groups is 3. The van der Waals surface area contributed by atoms with Gasteiger partial charge in [-0.2, -0.15) is 5.10 Å². The van der Waals surface area contributed by atoms with Crippen LogP contribution in [0.25, 0.3) is 10.9 Å². The quantitative estimate of drug-likeness (QED) is 0.526. The first kappa shape index (κ1) is 22.7. The van der Waals surface area contributed by atoms with Gasteiger partial charge in [0, 0.05) is 23.5 Å². The average Bonchev–Trinajstić information content (AvgIpc) is 3.54. The smallest absolute Gasteiger partial charge is 0.269 e. The van der Waals surface area contributed by atoms with Crippen LogP contribution in [0.3, 0.4) is 0 Å². The average molecular weight is 472 g/mol. The van der Waals surface area contributed by atoms with Crippen LogP contribution >= 0.6 is 11.6 Å². The Labute approximate surface area is 194 Å². The van der Waals surface area contributed by atoms with Crippen LogP contribution in [0.2, 0.25) is 5.02 Å². The van der Waals surface area contributed by atoms with E-state index in [9.17, 15) is 18.8 Å². The molecular weight excluding hydrogens is 449 g/mol. The topological polar surface area (TPSA) is 110 Å². The molecule has 0 radical (unpaired) electrons. The normalized spacial score (nSPS) is 13.2. The lowest BCUT2D eigenvalue weighted by Crippen LogP contribution is -2.43. The van der Waals surface area contributed by atoms with E-state index in [0.717, 1.165) is 18.4 Å². The molecule has 1 aromatic heterocycles. The zero-order valence-electron chi connectivity index (χ0n) is 18.0. The molecule has 0 unspecified atom stereocenters. The van der Waals surface area contributed by atoms with E-state index in [-0.39, 0.29) is 47.9 Å². The SMILES string of the molecule is Cc1cccc2c1c(C(N)=O)nn2CC(=O)N(CC(=O)NCc1cccc(Cl)c1F)C1CC1. The summed E-state index contributed by atoms with van der Waals surface area (Å²) < 4.78 is 15.5. The van der Waals surface area contributed by atoms with Crippen molar-refractivity contribution in [3.05, 3.63) is 64.1 Å². The van der Waals surface area contributed by atoms with E-state index in [2.05, 4.69) is 10.4 Å². The Morgan fingerprint density at radius 1 is 1.24 bits per heavy atom. The summed E-state index contributed by atoms with van der Waals surface area (Å²) in [6.45, 7) is 1.50. The van der Waals surface area contributed by atoms with Gasteiger partial charge in [-0.3, -0.25) is 19.1 Å². The zero-order valence-corrected chi connectivity index (χ0v) is 18.7. The molecule has 0 bridgehead atoms. The summed E-state index contributed by atoms with van der Waals surface area (Å²) in [4.78, 5) is 39.0. The van der Waals surface area contributed by atoms with Crippen molar-refractivity contribution in [3.63, 3.8) is 0 Å². The molecule has 4 rings (SSSR count). The number of benzene rings is 2. The Hall–Kier alpha value is -3.46. The summed E-state index contributed by atoms with van der Waals surface area (Å²) in [5, 5.41) is 7.49. The first-order valence-electron chi connectivity index (χ1n) is 10.5. The van der Waals surface area contributed by atoms with Gasteiger partial charge in [-0.1, -0.05) is 35.9 Å². The number of nitrogens with two attached hydrogens (primary N) is 1. The highest BCUT2D eigenvalue weighted by Gasteiger charge is 2.34. The Balaban J connectivity index is 1.47. The lowest BCUT2D eigenvalue weighted by Gasteiger charge is -2.22. The van der Waals surface area contributed by atoms with Gasteiger partial charge in [0.2, 0.25) is 11.8 Å². The number of halogens is 2. The van der Waals surface area contributed by atoms with Crippen molar-refractivity contribution in [2.24, 2.45) is 5.73 Å². The second-order valence-corrected chi connectivity index (χ2v) is 8.49. The van der Waals surface area contributed by atoms with Crippen LogP contribution in [0.15, 0.2) is 36.4 Å². The third-order valence-corrected chi connectivity index (χ3v) is 5.93. The molecule has 3 aromatic rings. The number of carbonyl (C=O) groups excluding carboxylic acids is 3. The first-order valence-corrected chi connectivity index (χ1v) is 10.9. The molecule has 33 heavy (non-hydrogen) atoms. The number of fused-ring (bicyclic) bond motifs is 1. The largest absolute Gasteiger partial charge is 0.364 e. The second kappa shape index (κ2) is 9.19. The second-order valence-electron chi connectivity index (χ2n) is 8.08. The molecule has 172 valence electrons. The van der Waals surface area contributed by atoms with Gasteiger partial charge in [0.05, 0.1) is 17.1 Å². The Bertz CT molecular complexity index is 1250. The molecule has 1 saturated carbocycles. The highest BCUT2D eigenvalue weighted by atomic mass is 35.5. The maximum atomic E-state index is 14.0. The molecule has 0 spiro atoms. The predicted octanol–water partition coefficient (Wildman–Crippen LogP) is 2.54. The van der Waals surface area contributed by atoms with Gasteiger partial charge in [-0.15, -0.1) is 0 Å². The van der Waals surface area contributed by atoms with E-state index < -0.39 is 17.6 Å². The minimum Gasteiger partial charge on any atom is -0.364 e. The maximum absolute atomic E-state index is 14.0. The zero-order chi connectivity index (χ0) is 23.7. The molecule has 0 atom stereocenters. The summed E-state index contributed by atoms with van der Waals surface area (Å²) in [5.74, 6) is -1.97. The van der Waals surface area contributed by atoms with Gasteiger partial charge >= 0.3 is 0 Å². The third-order valence-electron chi connectivity index (χ3n) is 5.63. The molecule has 10 heteroatoms. The van der Waals surface area contributed by atoms with Crippen molar-refractivity contribution in [2.45, 2.75) is 38.9 Å². The number of nitrogens with zero attached hydrogens (tertiary/aromatic N) is 3. The van der Waals surface area contributed by atoms with Crippen molar-refractivity contribution < 1.29 is 18.8 Å². The van der Waals surface area contributed by atoms with Gasteiger partial charge in [0.1, 0.15) is 12.4 Å². The van der Waals surface area contributed by atoms with E-state index in [1.54, 1.807) is 12.1 Å². The lowest BCUT2D eigenvalue weighted by molar-refractivity contribution is -0.137. The predicted molar refractivity (Wildman–Crippen MR) is 121 cm³/mol. The molecule has 3 N–H and O–H groups in total. The number of aromatic nitrogens is 2. The Kier molecular flexibility index (Phi) is 6.33. The van der Waals surface area contributed by atoms with Gasteiger partial charge in [-0.05, 0) is 37.5 Å². The van der Waals surface area contributed by atoms with E-state index in [4.69, 9.17) is 17.3 Å². The van der Waals surface area contributed by atoms with Gasteiger partial charge in [0.25, 0.3) is 5.91 Å². The van der Waals surface area contributed by atoms with Crippen LogP contribution in [-0.4, -0.2) is 45.0 Å².